The van der Waals surface area contributed by atoms with E-state index in [4.69, 9.17) is 0 Å². The van der Waals surface area contributed by atoms with Crippen molar-refractivity contribution in [2.45, 2.75) is 19.5 Å². The van der Waals surface area contributed by atoms with E-state index < -0.39 is 8.40 Å². The second-order valence-electron chi connectivity index (χ2n) is 3.80. The minimum atomic E-state index is -1.39. The van der Waals surface area contributed by atoms with Gasteiger partial charge >= 0.3 is 0 Å². The number of hydrogen-bond acceptors (Lipinski definition) is 2. The van der Waals surface area contributed by atoms with Crippen LogP contribution in [0.5, 0.6) is 0 Å². The monoisotopic (exact) mass is 182 g/mol. The van der Waals surface area contributed by atoms with Crippen LogP contribution in [0.15, 0.2) is 24.6 Å². The summed E-state index contributed by atoms with van der Waals surface area (Å²) in [7, 11) is 2.92. The molecule has 68 valence electrons. The summed E-state index contributed by atoms with van der Waals surface area (Å²) in [6.07, 6.45) is 9.89. The van der Waals surface area contributed by atoms with E-state index >= 15 is 0 Å². The summed E-state index contributed by atoms with van der Waals surface area (Å²) in [5.74, 6) is 0. The van der Waals surface area contributed by atoms with Crippen LogP contribution in [-0.2, 0) is 0 Å². The van der Waals surface area contributed by atoms with Gasteiger partial charge in [-0.25, -0.2) is 0 Å². The highest BCUT2D eigenvalue weighted by molar-refractivity contribution is 6.72. The summed E-state index contributed by atoms with van der Waals surface area (Å²) in [5, 5.41) is 0. The van der Waals surface area contributed by atoms with E-state index in [0.717, 1.165) is 6.42 Å². The van der Waals surface area contributed by atoms with Crippen molar-refractivity contribution in [2.75, 3.05) is 14.1 Å². The summed E-state index contributed by atoms with van der Waals surface area (Å²) < 4.78 is 4.70. The third-order valence-electron chi connectivity index (χ3n) is 2.53. The molecule has 1 aliphatic heterocycles. The first kappa shape index (κ1) is 9.54. The highest BCUT2D eigenvalue weighted by Gasteiger charge is 2.29. The molecule has 1 aliphatic rings. The van der Waals surface area contributed by atoms with Crippen molar-refractivity contribution in [3.8, 4) is 0 Å². The Labute approximate surface area is 76.3 Å². The van der Waals surface area contributed by atoms with Gasteiger partial charge in [0.15, 0.2) is 0 Å². The minimum Gasteiger partial charge on any atom is -0.368 e. The maximum Gasteiger partial charge on any atom is 0.232 e. The van der Waals surface area contributed by atoms with E-state index in [1.54, 1.807) is 0 Å². The highest BCUT2D eigenvalue weighted by Crippen LogP contribution is 2.16. The third kappa shape index (κ3) is 1.79. The molecule has 12 heavy (non-hydrogen) atoms. The average molecular weight is 182 g/mol. The van der Waals surface area contributed by atoms with Crippen molar-refractivity contribution in [2.24, 2.45) is 0 Å². The number of rotatable bonds is 2. The topological polar surface area (TPSA) is 6.48 Å². The van der Waals surface area contributed by atoms with E-state index in [0.29, 0.717) is 0 Å². The quantitative estimate of drug-likeness (QED) is 0.603. The smallest absolute Gasteiger partial charge is 0.232 e. The van der Waals surface area contributed by atoms with E-state index in [2.05, 4.69) is 60.9 Å². The van der Waals surface area contributed by atoms with E-state index in [9.17, 15) is 0 Å². The summed E-state index contributed by atoms with van der Waals surface area (Å²) in [5.41, 5.74) is 0. The van der Waals surface area contributed by atoms with E-state index in [1.807, 2.05) is 0 Å². The first-order valence-corrected chi connectivity index (χ1v) is 7.24. The highest BCUT2D eigenvalue weighted by atomic mass is 28.3. The van der Waals surface area contributed by atoms with Crippen LogP contribution in [0.4, 0.5) is 0 Å². The van der Waals surface area contributed by atoms with Crippen molar-refractivity contribution in [1.29, 1.82) is 0 Å². The van der Waals surface area contributed by atoms with E-state index in [-0.39, 0.29) is 0 Å². The molecule has 0 saturated heterocycles. The Balaban J connectivity index is 2.73. The van der Waals surface area contributed by atoms with Crippen LogP contribution in [0.3, 0.4) is 0 Å². The lowest BCUT2D eigenvalue weighted by Crippen LogP contribution is -2.54. The standard InChI is InChI=1S/C9H18N2Si/c1-10(2)12(3,4)11-8-6-5-7-9-11/h6-9H,5H2,1-4H3. The molecule has 3 heteroatoms. The molecule has 0 amide bonds. The molecular formula is C9H18N2Si. The predicted octanol–water partition coefficient (Wildman–Crippen LogP) is 1.98. The normalized spacial score (nSPS) is 17.6. The summed E-state index contributed by atoms with van der Waals surface area (Å²) >= 11 is 0. The molecule has 0 N–H and O–H groups in total. The zero-order chi connectivity index (χ0) is 9.19. The lowest BCUT2D eigenvalue weighted by Gasteiger charge is -2.39. The number of allylic oxidation sites excluding steroid dienone is 2. The Morgan fingerprint density at radius 1 is 1.17 bits per heavy atom. The van der Waals surface area contributed by atoms with E-state index in [1.165, 1.54) is 0 Å². The molecule has 2 nitrogen and oxygen atoms in total. The first-order chi connectivity index (χ1) is 5.55. The van der Waals surface area contributed by atoms with Gasteiger partial charge in [-0.2, -0.15) is 0 Å². The molecule has 0 aromatic rings. The molecule has 0 aliphatic carbocycles. The van der Waals surface area contributed by atoms with Gasteiger partial charge in [-0.15, -0.1) is 0 Å². The van der Waals surface area contributed by atoms with Crippen LogP contribution in [0.2, 0.25) is 13.1 Å². The molecule has 0 aromatic carbocycles. The van der Waals surface area contributed by atoms with Gasteiger partial charge in [-0.3, -0.25) is 0 Å². The Morgan fingerprint density at radius 3 is 2.08 bits per heavy atom. The number of hydrogen-bond donors (Lipinski definition) is 0. The Bertz CT molecular complexity index is 195. The van der Waals surface area contributed by atoms with Crippen LogP contribution in [0.25, 0.3) is 0 Å². The molecule has 0 radical (unpaired) electrons. The summed E-state index contributed by atoms with van der Waals surface area (Å²) in [6, 6.07) is 0. The molecule has 0 fully saturated rings. The minimum absolute atomic E-state index is 1.08. The SMILES string of the molecule is CN(C)[Si](C)(C)N1C=CCC=C1. The Morgan fingerprint density at radius 2 is 1.67 bits per heavy atom. The third-order valence-corrected chi connectivity index (χ3v) is 6.28. The fraction of sp³-hybridized carbons (Fsp3) is 0.556. The Hall–Kier alpha value is -0.543. The maximum absolute atomic E-state index is 2.36. The van der Waals surface area contributed by atoms with Crippen molar-refractivity contribution < 1.29 is 0 Å². The zero-order valence-corrected chi connectivity index (χ0v) is 9.41. The van der Waals surface area contributed by atoms with Crippen molar-refractivity contribution in [1.82, 2.24) is 9.13 Å². The van der Waals surface area contributed by atoms with Crippen molar-refractivity contribution in [3.05, 3.63) is 24.6 Å². The molecule has 0 atom stereocenters. The summed E-state index contributed by atoms with van der Waals surface area (Å²) in [4.78, 5) is 0. The van der Waals surface area contributed by atoms with Crippen LogP contribution in [0.1, 0.15) is 6.42 Å². The van der Waals surface area contributed by atoms with Crippen molar-refractivity contribution >= 4 is 8.40 Å². The fourth-order valence-corrected chi connectivity index (χ4v) is 2.48. The van der Waals surface area contributed by atoms with Crippen LogP contribution in [0, 0.1) is 0 Å². The second kappa shape index (κ2) is 3.45. The van der Waals surface area contributed by atoms with Gasteiger partial charge in [0, 0.05) is 0 Å². The van der Waals surface area contributed by atoms with Gasteiger partial charge in [-0.05, 0) is 46.0 Å². The van der Waals surface area contributed by atoms with Gasteiger partial charge in [0.05, 0.1) is 0 Å². The van der Waals surface area contributed by atoms with Gasteiger partial charge in [0.25, 0.3) is 0 Å². The first-order valence-electron chi connectivity index (χ1n) is 4.34. The molecule has 1 heterocycles. The number of nitrogens with zero attached hydrogens (tertiary/aromatic N) is 2. The maximum atomic E-state index is 2.36. The molecule has 0 spiro atoms. The van der Waals surface area contributed by atoms with Crippen LogP contribution < -0.4 is 0 Å². The van der Waals surface area contributed by atoms with Gasteiger partial charge in [0.2, 0.25) is 8.40 Å². The lowest BCUT2D eigenvalue weighted by atomic mass is 10.4. The summed E-state index contributed by atoms with van der Waals surface area (Å²) in [6.45, 7) is 4.68. The van der Waals surface area contributed by atoms with Crippen LogP contribution >= 0.6 is 0 Å². The van der Waals surface area contributed by atoms with Crippen LogP contribution in [-0.4, -0.2) is 31.6 Å². The molecule has 0 bridgehead atoms. The second-order valence-corrected chi connectivity index (χ2v) is 8.20. The Kier molecular flexibility index (Phi) is 2.75. The van der Waals surface area contributed by atoms with Crippen molar-refractivity contribution in [3.63, 3.8) is 0 Å². The largest absolute Gasteiger partial charge is 0.368 e. The zero-order valence-electron chi connectivity index (χ0n) is 8.41. The van der Waals surface area contributed by atoms with Gasteiger partial charge in [-0.1, -0.05) is 12.2 Å². The molecule has 0 aromatic heterocycles. The molecule has 0 saturated carbocycles. The van der Waals surface area contributed by atoms with Gasteiger partial charge in [0.1, 0.15) is 0 Å². The molecular weight excluding hydrogens is 164 g/mol. The molecule has 0 unspecified atom stereocenters. The molecule has 1 rings (SSSR count). The lowest BCUT2D eigenvalue weighted by molar-refractivity contribution is 0.539. The average Bonchev–Trinajstić information content (AvgIpc) is 2.06. The fourth-order valence-electron chi connectivity index (χ4n) is 1.07. The van der Waals surface area contributed by atoms with Gasteiger partial charge < -0.3 is 9.13 Å². The predicted molar refractivity (Wildman–Crippen MR) is 55.9 cm³/mol.